The van der Waals surface area contributed by atoms with Gasteiger partial charge in [0.1, 0.15) is 11.3 Å². The van der Waals surface area contributed by atoms with E-state index in [9.17, 15) is 14.0 Å². The van der Waals surface area contributed by atoms with Gasteiger partial charge in [-0.1, -0.05) is 54.2 Å². The van der Waals surface area contributed by atoms with Gasteiger partial charge in [0.15, 0.2) is 10.7 Å². The Balaban J connectivity index is 1.55. The molecule has 34 heavy (non-hydrogen) atoms. The minimum atomic E-state index is -0.317. The second kappa shape index (κ2) is 10.6. The smallest absolute Gasteiger partial charge is 0.280 e. The van der Waals surface area contributed by atoms with E-state index in [-0.39, 0.29) is 23.0 Å². The highest BCUT2D eigenvalue weighted by molar-refractivity contribution is 7.99. The fourth-order valence-electron chi connectivity index (χ4n) is 3.69. The Morgan fingerprint density at radius 3 is 2.53 bits per heavy atom. The molecule has 0 fully saturated rings. The third kappa shape index (κ3) is 5.36. The van der Waals surface area contributed by atoms with Gasteiger partial charge in [-0.15, -0.1) is 0 Å². The van der Waals surface area contributed by atoms with Crippen molar-refractivity contribution in [2.75, 3.05) is 5.75 Å². The predicted octanol–water partition coefficient (Wildman–Crippen LogP) is 3.71. The van der Waals surface area contributed by atoms with Gasteiger partial charge >= 0.3 is 0 Å². The van der Waals surface area contributed by atoms with Crippen molar-refractivity contribution in [3.05, 3.63) is 87.6 Å². The van der Waals surface area contributed by atoms with Crippen LogP contribution in [0.1, 0.15) is 23.7 Å². The monoisotopic (exact) mass is 479 g/mol. The molecule has 0 saturated carbocycles. The SMILES string of the molecule is CCn1nc(C)c2nc(SCC(=O)NCc3ccc(F)cc3)n(CCc3ccccc3)c(=O)c21. The van der Waals surface area contributed by atoms with E-state index in [1.165, 1.54) is 23.9 Å². The molecule has 2 aromatic carbocycles. The summed E-state index contributed by atoms with van der Waals surface area (Å²) in [6.07, 6.45) is 0.664. The van der Waals surface area contributed by atoms with Crippen LogP contribution >= 0.6 is 11.8 Å². The molecule has 4 aromatic rings. The number of hydrogen-bond donors (Lipinski definition) is 1. The predicted molar refractivity (Wildman–Crippen MR) is 131 cm³/mol. The van der Waals surface area contributed by atoms with Gasteiger partial charge in [-0.2, -0.15) is 5.10 Å². The van der Waals surface area contributed by atoms with Crippen molar-refractivity contribution in [3.8, 4) is 0 Å². The van der Waals surface area contributed by atoms with E-state index < -0.39 is 0 Å². The van der Waals surface area contributed by atoms with Crippen molar-refractivity contribution < 1.29 is 9.18 Å². The lowest BCUT2D eigenvalue weighted by molar-refractivity contribution is -0.118. The summed E-state index contributed by atoms with van der Waals surface area (Å²) in [5.74, 6) is -0.410. The maximum absolute atomic E-state index is 13.5. The van der Waals surface area contributed by atoms with Gasteiger partial charge in [0.25, 0.3) is 5.56 Å². The molecular weight excluding hydrogens is 453 g/mol. The van der Waals surface area contributed by atoms with E-state index in [0.717, 1.165) is 11.1 Å². The van der Waals surface area contributed by atoms with E-state index in [2.05, 4.69) is 10.4 Å². The van der Waals surface area contributed by atoms with Crippen molar-refractivity contribution in [2.24, 2.45) is 0 Å². The number of amides is 1. The highest BCUT2D eigenvalue weighted by atomic mass is 32.2. The van der Waals surface area contributed by atoms with Crippen molar-refractivity contribution in [2.45, 2.75) is 45.1 Å². The van der Waals surface area contributed by atoms with Gasteiger partial charge in [0.05, 0.1) is 11.4 Å². The zero-order valence-electron chi connectivity index (χ0n) is 19.1. The number of rotatable bonds is 9. The molecule has 7 nitrogen and oxygen atoms in total. The molecule has 2 heterocycles. The molecule has 4 rings (SSSR count). The van der Waals surface area contributed by atoms with Gasteiger partial charge in [-0.25, -0.2) is 9.37 Å². The van der Waals surface area contributed by atoms with Crippen LogP contribution in [0.15, 0.2) is 64.5 Å². The Kier molecular flexibility index (Phi) is 7.42. The highest BCUT2D eigenvalue weighted by Gasteiger charge is 2.19. The number of hydrogen-bond acceptors (Lipinski definition) is 5. The molecular formula is C25H26FN5O2S. The first-order valence-electron chi connectivity index (χ1n) is 11.1. The van der Waals surface area contributed by atoms with Gasteiger partial charge in [-0.05, 0) is 43.5 Å². The number of fused-ring (bicyclic) bond motifs is 1. The highest BCUT2D eigenvalue weighted by Crippen LogP contribution is 2.20. The minimum absolute atomic E-state index is 0.103. The van der Waals surface area contributed by atoms with Crippen LogP contribution in [0.25, 0.3) is 11.0 Å². The van der Waals surface area contributed by atoms with Crippen LogP contribution in [0.3, 0.4) is 0 Å². The fraction of sp³-hybridized carbons (Fsp3) is 0.280. The summed E-state index contributed by atoms with van der Waals surface area (Å²) in [6.45, 7) is 5.08. The van der Waals surface area contributed by atoms with Crippen molar-refractivity contribution in [1.82, 2.24) is 24.6 Å². The summed E-state index contributed by atoms with van der Waals surface area (Å²) >= 11 is 1.23. The van der Waals surface area contributed by atoms with Gasteiger partial charge < -0.3 is 5.32 Å². The first-order valence-corrected chi connectivity index (χ1v) is 12.1. The standard InChI is InChI=1S/C25H26FN5O2S/c1-3-31-23-22(17(2)29-31)28-25(30(24(23)33)14-13-18-7-5-4-6-8-18)34-16-21(32)27-15-19-9-11-20(26)12-10-19/h4-12H,3,13-16H2,1-2H3,(H,27,32). The fourth-order valence-corrected chi connectivity index (χ4v) is 4.54. The second-order valence-corrected chi connectivity index (χ2v) is 8.82. The number of aromatic nitrogens is 4. The lowest BCUT2D eigenvalue weighted by Gasteiger charge is -2.13. The molecule has 176 valence electrons. The van der Waals surface area contributed by atoms with Gasteiger partial charge in [-0.3, -0.25) is 18.8 Å². The summed E-state index contributed by atoms with van der Waals surface area (Å²) in [5, 5.41) is 7.78. The molecule has 0 aliphatic heterocycles. The Morgan fingerprint density at radius 1 is 1.09 bits per heavy atom. The third-order valence-electron chi connectivity index (χ3n) is 5.48. The van der Waals surface area contributed by atoms with Crippen LogP contribution in [0.2, 0.25) is 0 Å². The summed E-state index contributed by atoms with van der Waals surface area (Å²) in [6, 6.07) is 15.9. The van der Waals surface area contributed by atoms with Crippen LogP contribution in [0, 0.1) is 12.7 Å². The van der Waals surface area contributed by atoms with Crippen LogP contribution in [-0.4, -0.2) is 31.0 Å². The lowest BCUT2D eigenvalue weighted by atomic mass is 10.1. The lowest BCUT2D eigenvalue weighted by Crippen LogP contribution is -2.28. The zero-order chi connectivity index (χ0) is 24.1. The van der Waals surface area contributed by atoms with Crippen LogP contribution < -0.4 is 10.9 Å². The van der Waals surface area contributed by atoms with E-state index >= 15 is 0 Å². The summed E-state index contributed by atoms with van der Waals surface area (Å²) in [7, 11) is 0. The number of nitrogens with zero attached hydrogens (tertiary/aromatic N) is 4. The quantitative estimate of drug-likeness (QED) is 0.292. The van der Waals surface area contributed by atoms with E-state index in [4.69, 9.17) is 4.98 Å². The topological polar surface area (TPSA) is 81.8 Å². The maximum Gasteiger partial charge on any atom is 0.280 e. The minimum Gasteiger partial charge on any atom is -0.351 e. The molecule has 0 aliphatic rings. The first-order chi connectivity index (χ1) is 16.5. The molecule has 0 aliphatic carbocycles. The number of carbonyl (C=O) groups excluding carboxylic acids is 1. The molecule has 0 unspecified atom stereocenters. The van der Waals surface area contributed by atoms with Gasteiger partial charge in [0.2, 0.25) is 5.91 Å². The molecule has 0 saturated heterocycles. The number of benzene rings is 2. The Hall–Kier alpha value is -3.46. The molecule has 0 spiro atoms. The molecule has 9 heteroatoms. The zero-order valence-corrected chi connectivity index (χ0v) is 19.9. The molecule has 0 bridgehead atoms. The normalized spacial score (nSPS) is 11.1. The Labute approximate surface area is 201 Å². The third-order valence-corrected chi connectivity index (χ3v) is 6.46. The van der Waals surface area contributed by atoms with E-state index in [1.807, 2.05) is 44.2 Å². The average Bonchev–Trinajstić information content (AvgIpc) is 3.18. The molecule has 1 amide bonds. The van der Waals surface area contributed by atoms with E-state index in [0.29, 0.717) is 47.9 Å². The molecule has 1 N–H and O–H groups in total. The second-order valence-electron chi connectivity index (χ2n) is 7.88. The summed E-state index contributed by atoms with van der Waals surface area (Å²) in [5.41, 5.74) is 3.50. The summed E-state index contributed by atoms with van der Waals surface area (Å²) in [4.78, 5) is 30.7. The first kappa shape index (κ1) is 23.7. The maximum atomic E-state index is 13.5. The van der Waals surface area contributed by atoms with Gasteiger partial charge in [0, 0.05) is 19.6 Å². The van der Waals surface area contributed by atoms with Crippen molar-refractivity contribution in [1.29, 1.82) is 0 Å². The number of nitrogens with one attached hydrogen (secondary N) is 1. The number of thioether (sulfide) groups is 1. The average molecular weight is 480 g/mol. The molecule has 0 radical (unpaired) electrons. The number of halogens is 1. The number of aryl methyl sites for hydroxylation is 3. The number of carbonyl (C=O) groups is 1. The molecule has 2 aromatic heterocycles. The van der Waals surface area contributed by atoms with E-state index in [1.54, 1.807) is 21.4 Å². The molecule has 0 atom stereocenters. The Bertz CT molecular complexity index is 1350. The van der Waals surface area contributed by atoms with Crippen LogP contribution in [0.4, 0.5) is 4.39 Å². The Morgan fingerprint density at radius 2 is 1.82 bits per heavy atom. The largest absolute Gasteiger partial charge is 0.351 e. The van der Waals surface area contributed by atoms with Crippen molar-refractivity contribution >= 4 is 28.7 Å². The van der Waals surface area contributed by atoms with Crippen LogP contribution in [-0.2, 0) is 30.8 Å². The van der Waals surface area contributed by atoms with Crippen molar-refractivity contribution in [3.63, 3.8) is 0 Å². The summed E-state index contributed by atoms with van der Waals surface area (Å²) < 4.78 is 16.4. The van der Waals surface area contributed by atoms with Crippen LogP contribution in [0.5, 0.6) is 0 Å².